The Morgan fingerprint density at radius 3 is 2.82 bits per heavy atom. The van der Waals surface area contributed by atoms with Crippen molar-refractivity contribution < 1.29 is 4.74 Å². The second kappa shape index (κ2) is 7.45. The van der Waals surface area contributed by atoms with Crippen LogP contribution in [0.4, 0.5) is 0 Å². The first kappa shape index (κ1) is 14.2. The number of imidazole rings is 1. The van der Waals surface area contributed by atoms with Crippen LogP contribution >= 0.6 is 0 Å². The molecule has 17 heavy (non-hydrogen) atoms. The van der Waals surface area contributed by atoms with Gasteiger partial charge in [0, 0.05) is 19.3 Å². The van der Waals surface area contributed by atoms with Gasteiger partial charge >= 0.3 is 0 Å². The van der Waals surface area contributed by atoms with E-state index in [9.17, 15) is 0 Å². The zero-order chi connectivity index (χ0) is 12.7. The molecule has 4 heteroatoms. The lowest BCUT2D eigenvalue weighted by Crippen LogP contribution is -2.22. The predicted octanol–water partition coefficient (Wildman–Crippen LogP) is 2.23. The van der Waals surface area contributed by atoms with Gasteiger partial charge < -0.3 is 14.6 Å². The quantitative estimate of drug-likeness (QED) is 0.756. The molecular formula is C13H25N3O. The van der Waals surface area contributed by atoms with Crippen LogP contribution in [-0.2, 0) is 11.3 Å². The summed E-state index contributed by atoms with van der Waals surface area (Å²) in [6.07, 6.45) is 3.81. The zero-order valence-corrected chi connectivity index (χ0v) is 11.4. The fourth-order valence-corrected chi connectivity index (χ4v) is 1.72. The van der Waals surface area contributed by atoms with E-state index in [1.54, 1.807) is 0 Å². The van der Waals surface area contributed by atoms with Crippen LogP contribution in [0.5, 0.6) is 0 Å². The molecule has 1 heterocycles. The molecule has 98 valence electrons. The Hall–Kier alpha value is -0.870. The Balaban J connectivity index is 2.47. The van der Waals surface area contributed by atoms with Gasteiger partial charge in [-0.1, -0.05) is 13.8 Å². The average molecular weight is 239 g/mol. The van der Waals surface area contributed by atoms with Crippen molar-refractivity contribution in [1.29, 1.82) is 0 Å². The van der Waals surface area contributed by atoms with Crippen LogP contribution in [0.3, 0.4) is 0 Å². The van der Waals surface area contributed by atoms with Gasteiger partial charge in [-0.3, -0.25) is 0 Å². The molecule has 0 amide bonds. The Kier molecular flexibility index (Phi) is 6.22. The summed E-state index contributed by atoms with van der Waals surface area (Å²) in [5, 5.41) is 3.44. The van der Waals surface area contributed by atoms with Crippen LogP contribution in [0, 0.1) is 5.92 Å². The van der Waals surface area contributed by atoms with Crippen molar-refractivity contribution in [2.75, 3.05) is 19.8 Å². The minimum absolute atomic E-state index is 0.341. The topological polar surface area (TPSA) is 39.1 Å². The Morgan fingerprint density at radius 1 is 1.41 bits per heavy atom. The molecule has 0 aliphatic heterocycles. The monoisotopic (exact) mass is 239 g/mol. The summed E-state index contributed by atoms with van der Waals surface area (Å²) >= 11 is 0. The van der Waals surface area contributed by atoms with E-state index in [-0.39, 0.29) is 0 Å². The standard InChI is InChI=1S/C13H25N3O/c1-5-17-9-12(4)16-10-15-8-13(16)7-14-6-11(2)3/h8,10-12,14H,5-7,9H2,1-4H3. The molecule has 0 aliphatic rings. The molecule has 0 aromatic carbocycles. The molecule has 1 atom stereocenters. The Labute approximate surface area is 104 Å². The molecule has 0 saturated heterocycles. The fraction of sp³-hybridized carbons (Fsp3) is 0.769. The highest BCUT2D eigenvalue weighted by Gasteiger charge is 2.09. The summed E-state index contributed by atoms with van der Waals surface area (Å²) in [5.41, 5.74) is 1.22. The van der Waals surface area contributed by atoms with E-state index in [0.717, 1.165) is 26.3 Å². The van der Waals surface area contributed by atoms with Crippen LogP contribution in [0.2, 0.25) is 0 Å². The van der Waals surface area contributed by atoms with Crippen LogP contribution in [0.1, 0.15) is 39.4 Å². The number of ether oxygens (including phenoxy) is 1. The van der Waals surface area contributed by atoms with E-state index in [1.165, 1.54) is 5.69 Å². The second-order valence-corrected chi connectivity index (χ2v) is 4.83. The molecule has 0 radical (unpaired) electrons. The van der Waals surface area contributed by atoms with Gasteiger partial charge in [0.05, 0.1) is 24.7 Å². The molecule has 1 N–H and O–H groups in total. The van der Waals surface area contributed by atoms with Crippen molar-refractivity contribution in [3.05, 3.63) is 18.2 Å². The van der Waals surface area contributed by atoms with E-state index >= 15 is 0 Å². The highest BCUT2D eigenvalue weighted by atomic mass is 16.5. The molecule has 0 bridgehead atoms. The number of nitrogens with zero attached hydrogens (tertiary/aromatic N) is 2. The number of nitrogens with one attached hydrogen (secondary N) is 1. The van der Waals surface area contributed by atoms with Gasteiger partial charge in [-0.25, -0.2) is 4.98 Å². The maximum Gasteiger partial charge on any atom is 0.0951 e. The summed E-state index contributed by atoms with van der Waals surface area (Å²) in [6.45, 7) is 12.0. The average Bonchev–Trinajstić information content (AvgIpc) is 2.73. The molecule has 0 spiro atoms. The molecule has 0 aliphatic carbocycles. The first-order chi connectivity index (χ1) is 8.15. The number of aromatic nitrogens is 2. The highest BCUT2D eigenvalue weighted by Crippen LogP contribution is 2.10. The van der Waals surface area contributed by atoms with Crippen LogP contribution in [-0.4, -0.2) is 29.3 Å². The summed E-state index contributed by atoms with van der Waals surface area (Å²) in [6, 6.07) is 0.341. The van der Waals surface area contributed by atoms with E-state index in [0.29, 0.717) is 12.0 Å². The minimum Gasteiger partial charge on any atom is -0.380 e. The molecule has 4 nitrogen and oxygen atoms in total. The Bertz CT molecular complexity index is 309. The van der Waals surface area contributed by atoms with Gasteiger partial charge in [0.15, 0.2) is 0 Å². The van der Waals surface area contributed by atoms with Crippen molar-refractivity contribution in [1.82, 2.24) is 14.9 Å². The van der Waals surface area contributed by atoms with Crippen LogP contribution < -0.4 is 5.32 Å². The van der Waals surface area contributed by atoms with Gasteiger partial charge in [0.1, 0.15) is 0 Å². The Morgan fingerprint density at radius 2 is 2.18 bits per heavy atom. The lowest BCUT2D eigenvalue weighted by Gasteiger charge is -2.17. The summed E-state index contributed by atoms with van der Waals surface area (Å²) in [7, 11) is 0. The smallest absolute Gasteiger partial charge is 0.0951 e. The number of hydrogen-bond acceptors (Lipinski definition) is 3. The van der Waals surface area contributed by atoms with Gasteiger partial charge in [0.25, 0.3) is 0 Å². The predicted molar refractivity (Wildman–Crippen MR) is 70.0 cm³/mol. The minimum atomic E-state index is 0.341. The van der Waals surface area contributed by atoms with Gasteiger partial charge in [-0.05, 0) is 26.3 Å². The van der Waals surface area contributed by atoms with Crippen LogP contribution in [0.15, 0.2) is 12.5 Å². The lowest BCUT2D eigenvalue weighted by molar-refractivity contribution is 0.118. The van der Waals surface area contributed by atoms with Crippen molar-refractivity contribution in [2.45, 2.75) is 40.3 Å². The highest BCUT2D eigenvalue weighted by molar-refractivity contribution is 4.99. The molecule has 1 aromatic heterocycles. The molecule has 1 rings (SSSR count). The van der Waals surface area contributed by atoms with Gasteiger partial charge in [-0.15, -0.1) is 0 Å². The lowest BCUT2D eigenvalue weighted by atomic mass is 10.2. The third-order valence-corrected chi connectivity index (χ3v) is 2.64. The summed E-state index contributed by atoms with van der Waals surface area (Å²) in [4.78, 5) is 4.22. The van der Waals surface area contributed by atoms with Crippen molar-refractivity contribution in [2.24, 2.45) is 5.92 Å². The molecule has 0 fully saturated rings. The van der Waals surface area contributed by atoms with Crippen LogP contribution in [0.25, 0.3) is 0 Å². The van der Waals surface area contributed by atoms with Crippen molar-refractivity contribution in [3.63, 3.8) is 0 Å². The zero-order valence-electron chi connectivity index (χ0n) is 11.4. The summed E-state index contributed by atoms with van der Waals surface area (Å²) in [5.74, 6) is 0.673. The van der Waals surface area contributed by atoms with Crippen molar-refractivity contribution in [3.8, 4) is 0 Å². The number of hydrogen-bond donors (Lipinski definition) is 1. The second-order valence-electron chi connectivity index (χ2n) is 4.83. The third-order valence-electron chi connectivity index (χ3n) is 2.64. The van der Waals surface area contributed by atoms with Gasteiger partial charge in [0.2, 0.25) is 0 Å². The van der Waals surface area contributed by atoms with Gasteiger partial charge in [-0.2, -0.15) is 0 Å². The normalized spacial score (nSPS) is 13.2. The third kappa shape index (κ3) is 4.88. The maximum atomic E-state index is 5.45. The first-order valence-corrected chi connectivity index (χ1v) is 6.44. The molecule has 1 unspecified atom stereocenters. The van der Waals surface area contributed by atoms with E-state index < -0.39 is 0 Å². The van der Waals surface area contributed by atoms with Crippen molar-refractivity contribution >= 4 is 0 Å². The summed E-state index contributed by atoms with van der Waals surface area (Å²) < 4.78 is 7.63. The maximum absolute atomic E-state index is 5.45. The van der Waals surface area contributed by atoms with E-state index in [2.05, 4.69) is 35.6 Å². The fourth-order valence-electron chi connectivity index (χ4n) is 1.72. The first-order valence-electron chi connectivity index (χ1n) is 6.44. The number of rotatable bonds is 8. The molecule has 1 aromatic rings. The largest absolute Gasteiger partial charge is 0.380 e. The molecular weight excluding hydrogens is 214 g/mol. The SMILES string of the molecule is CCOCC(C)n1cncc1CNCC(C)C. The van der Waals surface area contributed by atoms with E-state index in [4.69, 9.17) is 4.74 Å². The van der Waals surface area contributed by atoms with E-state index in [1.807, 2.05) is 19.4 Å². The molecule has 0 saturated carbocycles.